The van der Waals surface area contributed by atoms with E-state index in [1.54, 1.807) is 0 Å². The second-order valence-electron chi connectivity index (χ2n) is 22.1. The molecule has 1 atom stereocenters. The topological polar surface area (TPSA) is 78.9 Å². The summed E-state index contributed by atoms with van der Waals surface area (Å²) in [5.41, 5.74) is 0. The molecule has 0 bridgehead atoms. The third-order valence-electron chi connectivity index (χ3n) is 13.6. The van der Waals surface area contributed by atoms with Gasteiger partial charge in [0.1, 0.15) is 13.2 Å². The van der Waals surface area contributed by atoms with Gasteiger partial charge in [-0.3, -0.25) is 14.4 Å². The SMILES string of the molecule is CC(C)CCCCCCCCCCCCCCCCCCCCC(=O)OC[C@H](COC(=O)CCCCCCCCC(C)C)OC(=O)CCCCCCCCCCCCCCCCCC(C)C. The second-order valence-corrected chi connectivity index (χ2v) is 22.1. The average molecular weight is 934 g/mol. The molecule has 66 heavy (non-hydrogen) atoms. The Bertz CT molecular complexity index is 1020. The summed E-state index contributed by atoms with van der Waals surface area (Å²) in [6, 6.07) is 0. The highest BCUT2D eigenvalue weighted by molar-refractivity contribution is 5.71. The quantitative estimate of drug-likeness (QED) is 0.0343. The van der Waals surface area contributed by atoms with Gasteiger partial charge in [0, 0.05) is 19.3 Å². The highest BCUT2D eigenvalue weighted by Crippen LogP contribution is 2.19. The summed E-state index contributed by atoms with van der Waals surface area (Å²) in [4.78, 5) is 38.1. The highest BCUT2D eigenvalue weighted by Gasteiger charge is 2.19. The number of esters is 3. The molecule has 0 heterocycles. The summed E-state index contributed by atoms with van der Waals surface area (Å²) >= 11 is 0. The van der Waals surface area contributed by atoms with Crippen molar-refractivity contribution >= 4 is 17.9 Å². The summed E-state index contributed by atoms with van der Waals surface area (Å²) in [5.74, 6) is 1.62. The molecule has 0 spiro atoms. The van der Waals surface area contributed by atoms with Crippen molar-refractivity contribution in [3.63, 3.8) is 0 Å². The molecule has 0 aliphatic rings. The first-order valence-electron chi connectivity index (χ1n) is 29.6. The molecule has 0 aromatic heterocycles. The molecule has 0 amide bonds. The lowest BCUT2D eigenvalue weighted by Gasteiger charge is -2.18. The second kappa shape index (κ2) is 51.3. The zero-order valence-electron chi connectivity index (χ0n) is 45.5. The van der Waals surface area contributed by atoms with Gasteiger partial charge in [-0.05, 0) is 37.0 Å². The van der Waals surface area contributed by atoms with Gasteiger partial charge in [-0.25, -0.2) is 0 Å². The van der Waals surface area contributed by atoms with E-state index in [1.165, 1.54) is 212 Å². The molecule has 0 aliphatic carbocycles. The fourth-order valence-electron chi connectivity index (χ4n) is 9.18. The summed E-state index contributed by atoms with van der Waals surface area (Å²) < 4.78 is 16.9. The van der Waals surface area contributed by atoms with Gasteiger partial charge in [0.05, 0.1) is 0 Å². The number of rotatable bonds is 53. The Morgan fingerprint density at radius 1 is 0.258 bits per heavy atom. The molecule has 392 valence electrons. The van der Waals surface area contributed by atoms with E-state index in [0.29, 0.717) is 19.3 Å². The molecule has 0 saturated carbocycles. The Hall–Kier alpha value is -1.59. The minimum Gasteiger partial charge on any atom is -0.462 e. The molecule has 0 unspecified atom stereocenters. The Balaban J connectivity index is 4.18. The van der Waals surface area contributed by atoms with Crippen molar-refractivity contribution in [3.8, 4) is 0 Å². The molecule has 0 fully saturated rings. The third kappa shape index (κ3) is 53.4. The lowest BCUT2D eigenvalue weighted by atomic mass is 10.0. The van der Waals surface area contributed by atoms with Gasteiger partial charge < -0.3 is 14.2 Å². The lowest BCUT2D eigenvalue weighted by Crippen LogP contribution is -2.30. The van der Waals surface area contributed by atoms with Gasteiger partial charge in [0.15, 0.2) is 6.10 Å². The number of hydrogen-bond donors (Lipinski definition) is 0. The normalized spacial score (nSPS) is 12.1. The number of hydrogen-bond acceptors (Lipinski definition) is 6. The highest BCUT2D eigenvalue weighted by atomic mass is 16.6. The summed E-state index contributed by atoms with van der Waals surface area (Å²) in [6.45, 7) is 13.7. The van der Waals surface area contributed by atoms with Crippen molar-refractivity contribution in [3.05, 3.63) is 0 Å². The van der Waals surface area contributed by atoms with Crippen LogP contribution >= 0.6 is 0 Å². The van der Waals surface area contributed by atoms with Crippen molar-refractivity contribution in [1.82, 2.24) is 0 Å². The van der Waals surface area contributed by atoms with E-state index in [1.807, 2.05) is 0 Å². The molecular formula is C60H116O6. The minimum atomic E-state index is -0.764. The molecule has 0 aromatic carbocycles. The monoisotopic (exact) mass is 933 g/mol. The van der Waals surface area contributed by atoms with Crippen molar-refractivity contribution in [1.29, 1.82) is 0 Å². The summed E-state index contributed by atoms with van der Waals surface area (Å²) in [5, 5.41) is 0. The van der Waals surface area contributed by atoms with Crippen LogP contribution in [0.5, 0.6) is 0 Å². The molecule has 6 heteroatoms. The van der Waals surface area contributed by atoms with Gasteiger partial charge >= 0.3 is 17.9 Å². The summed E-state index contributed by atoms with van der Waals surface area (Å²) in [7, 11) is 0. The van der Waals surface area contributed by atoms with Gasteiger partial charge in [-0.2, -0.15) is 0 Å². The molecular weight excluding hydrogens is 817 g/mol. The zero-order chi connectivity index (χ0) is 48.4. The molecule has 0 rings (SSSR count). The maximum absolute atomic E-state index is 12.8. The Kier molecular flexibility index (Phi) is 50.0. The van der Waals surface area contributed by atoms with E-state index < -0.39 is 6.10 Å². The van der Waals surface area contributed by atoms with Crippen molar-refractivity contribution in [2.75, 3.05) is 13.2 Å². The smallest absolute Gasteiger partial charge is 0.306 e. The average Bonchev–Trinajstić information content (AvgIpc) is 3.28. The van der Waals surface area contributed by atoms with Crippen LogP contribution in [0.3, 0.4) is 0 Å². The van der Waals surface area contributed by atoms with E-state index >= 15 is 0 Å². The Labute approximate surface area is 412 Å². The number of unbranched alkanes of at least 4 members (excludes halogenated alkanes) is 36. The predicted octanol–water partition coefficient (Wildman–Crippen LogP) is 19.5. The molecule has 0 saturated heterocycles. The van der Waals surface area contributed by atoms with Gasteiger partial charge in [0.25, 0.3) is 0 Å². The molecule has 0 N–H and O–H groups in total. The third-order valence-corrected chi connectivity index (χ3v) is 13.6. The van der Waals surface area contributed by atoms with Gasteiger partial charge in [-0.15, -0.1) is 0 Å². The zero-order valence-corrected chi connectivity index (χ0v) is 45.5. The Morgan fingerprint density at radius 2 is 0.439 bits per heavy atom. The number of carbonyl (C=O) groups is 3. The van der Waals surface area contributed by atoms with Crippen LogP contribution in [0, 0.1) is 17.8 Å². The first-order chi connectivity index (χ1) is 32.1. The summed E-state index contributed by atoms with van der Waals surface area (Å²) in [6.07, 6.45) is 54.1. The van der Waals surface area contributed by atoms with Crippen molar-refractivity contribution < 1.29 is 28.6 Å². The van der Waals surface area contributed by atoms with Crippen LogP contribution in [0.4, 0.5) is 0 Å². The van der Waals surface area contributed by atoms with Crippen LogP contribution in [0.15, 0.2) is 0 Å². The van der Waals surface area contributed by atoms with Crippen LogP contribution in [-0.2, 0) is 28.6 Å². The predicted molar refractivity (Wildman–Crippen MR) is 284 cm³/mol. The maximum Gasteiger partial charge on any atom is 0.306 e. The van der Waals surface area contributed by atoms with E-state index in [0.717, 1.165) is 75.5 Å². The first kappa shape index (κ1) is 64.4. The largest absolute Gasteiger partial charge is 0.462 e. The van der Waals surface area contributed by atoms with E-state index in [-0.39, 0.29) is 31.1 Å². The lowest BCUT2D eigenvalue weighted by molar-refractivity contribution is -0.167. The standard InChI is InChI=1S/C60H116O6/c1-54(2)46-40-34-28-24-20-16-12-9-7-8-10-14-18-22-26-30-37-43-49-58(61)64-52-57(53-65-59(62)50-44-38-33-32-36-42-48-56(5)6)66-60(63)51-45-39-31-27-23-19-15-11-13-17-21-25-29-35-41-47-55(3)4/h54-57H,7-53H2,1-6H3/t57-/m1/s1. The first-order valence-corrected chi connectivity index (χ1v) is 29.6. The number of ether oxygens (including phenoxy) is 3. The molecule has 0 aliphatic heterocycles. The Morgan fingerprint density at radius 3 is 0.652 bits per heavy atom. The fourth-order valence-corrected chi connectivity index (χ4v) is 9.18. The fraction of sp³-hybridized carbons (Fsp3) is 0.950. The van der Waals surface area contributed by atoms with Crippen molar-refractivity contribution in [2.24, 2.45) is 17.8 Å². The molecule has 6 nitrogen and oxygen atoms in total. The molecule has 0 radical (unpaired) electrons. The van der Waals surface area contributed by atoms with Crippen LogP contribution < -0.4 is 0 Å². The molecule has 0 aromatic rings. The van der Waals surface area contributed by atoms with Crippen LogP contribution in [0.2, 0.25) is 0 Å². The minimum absolute atomic E-state index is 0.0641. The van der Waals surface area contributed by atoms with Gasteiger partial charge in [0.2, 0.25) is 0 Å². The number of carbonyl (C=O) groups excluding carboxylic acids is 3. The van der Waals surface area contributed by atoms with Gasteiger partial charge in [-0.1, -0.05) is 292 Å². The van der Waals surface area contributed by atoms with Crippen molar-refractivity contribution in [2.45, 2.75) is 337 Å². The van der Waals surface area contributed by atoms with E-state index in [9.17, 15) is 14.4 Å². The van der Waals surface area contributed by atoms with E-state index in [2.05, 4.69) is 41.5 Å². The van der Waals surface area contributed by atoms with Crippen LogP contribution in [-0.4, -0.2) is 37.2 Å². The van der Waals surface area contributed by atoms with Crippen LogP contribution in [0.1, 0.15) is 330 Å². The van der Waals surface area contributed by atoms with Crippen LogP contribution in [0.25, 0.3) is 0 Å². The van der Waals surface area contributed by atoms with E-state index in [4.69, 9.17) is 14.2 Å². The maximum atomic E-state index is 12.8.